The Kier molecular flexibility index (Phi) is 2.47. The lowest BCUT2D eigenvalue weighted by Gasteiger charge is -2.36. The van der Waals surface area contributed by atoms with Gasteiger partial charge >= 0.3 is 0 Å². The molecule has 66 valence electrons. The standard InChI is InChI=1S/C8H15F2N/c1-6(5-11)2-7-3-8(9,10)4-7/h6-7H,2-5,11H2,1H3/t6-/m1/s1. The van der Waals surface area contributed by atoms with Crippen LogP contribution in [0.4, 0.5) is 8.78 Å². The van der Waals surface area contributed by atoms with Gasteiger partial charge in [0.15, 0.2) is 0 Å². The van der Waals surface area contributed by atoms with Crippen LogP contribution in [0.15, 0.2) is 0 Å². The Balaban J connectivity index is 2.13. The minimum absolute atomic E-state index is 0.0807. The SMILES string of the molecule is C[C@@H](CN)CC1CC(F)(F)C1. The lowest BCUT2D eigenvalue weighted by atomic mass is 9.76. The predicted octanol–water partition coefficient (Wildman–Crippen LogP) is 2.02. The highest BCUT2D eigenvalue weighted by atomic mass is 19.3. The summed E-state index contributed by atoms with van der Waals surface area (Å²) < 4.78 is 24.6. The predicted molar refractivity (Wildman–Crippen MR) is 40.5 cm³/mol. The van der Waals surface area contributed by atoms with Gasteiger partial charge in [-0.05, 0) is 24.8 Å². The molecule has 0 saturated heterocycles. The number of rotatable bonds is 3. The molecule has 1 nitrogen and oxygen atoms in total. The Morgan fingerprint density at radius 3 is 2.45 bits per heavy atom. The molecule has 1 aliphatic carbocycles. The third-order valence-electron chi connectivity index (χ3n) is 2.31. The zero-order valence-electron chi connectivity index (χ0n) is 6.82. The van der Waals surface area contributed by atoms with E-state index in [0.29, 0.717) is 12.5 Å². The van der Waals surface area contributed by atoms with E-state index in [-0.39, 0.29) is 18.8 Å². The maximum Gasteiger partial charge on any atom is 0.248 e. The van der Waals surface area contributed by atoms with Gasteiger partial charge in [0.05, 0.1) is 0 Å². The normalized spacial score (nSPS) is 26.2. The van der Waals surface area contributed by atoms with Crippen LogP contribution in [0.1, 0.15) is 26.2 Å². The molecule has 0 heterocycles. The van der Waals surface area contributed by atoms with Crippen molar-refractivity contribution in [2.45, 2.75) is 32.1 Å². The van der Waals surface area contributed by atoms with Crippen molar-refractivity contribution in [3.8, 4) is 0 Å². The van der Waals surface area contributed by atoms with Crippen LogP contribution in [-0.2, 0) is 0 Å². The average molecular weight is 163 g/mol. The molecule has 2 N–H and O–H groups in total. The summed E-state index contributed by atoms with van der Waals surface area (Å²) in [5, 5.41) is 0. The highest BCUT2D eigenvalue weighted by Crippen LogP contribution is 2.44. The first-order valence-electron chi connectivity index (χ1n) is 4.11. The molecule has 0 aromatic carbocycles. The van der Waals surface area contributed by atoms with E-state index in [0.717, 1.165) is 6.42 Å². The van der Waals surface area contributed by atoms with Gasteiger partial charge in [-0.3, -0.25) is 0 Å². The fourth-order valence-corrected chi connectivity index (χ4v) is 1.62. The Bertz CT molecular complexity index is 128. The van der Waals surface area contributed by atoms with Gasteiger partial charge in [0.25, 0.3) is 0 Å². The lowest BCUT2D eigenvalue weighted by molar-refractivity contribution is -0.114. The van der Waals surface area contributed by atoms with E-state index in [9.17, 15) is 8.78 Å². The molecule has 1 atom stereocenters. The van der Waals surface area contributed by atoms with E-state index in [1.54, 1.807) is 0 Å². The quantitative estimate of drug-likeness (QED) is 0.676. The Morgan fingerprint density at radius 2 is 2.09 bits per heavy atom. The van der Waals surface area contributed by atoms with Crippen LogP contribution in [0.25, 0.3) is 0 Å². The molecule has 0 aromatic rings. The summed E-state index contributed by atoms with van der Waals surface area (Å²) in [6.45, 7) is 2.62. The van der Waals surface area contributed by atoms with E-state index < -0.39 is 5.92 Å². The van der Waals surface area contributed by atoms with Crippen molar-refractivity contribution in [2.75, 3.05) is 6.54 Å². The molecule has 1 aliphatic rings. The van der Waals surface area contributed by atoms with Gasteiger partial charge in [0.2, 0.25) is 5.92 Å². The van der Waals surface area contributed by atoms with Crippen LogP contribution in [0.2, 0.25) is 0 Å². The molecule has 0 spiro atoms. The molecule has 11 heavy (non-hydrogen) atoms. The van der Waals surface area contributed by atoms with E-state index in [4.69, 9.17) is 5.73 Å². The van der Waals surface area contributed by atoms with Crippen molar-refractivity contribution < 1.29 is 8.78 Å². The molecule has 0 aliphatic heterocycles. The van der Waals surface area contributed by atoms with Crippen LogP contribution < -0.4 is 5.73 Å². The first-order chi connectivity index (χ1) is 5.03. The Morgan fingerprint density at radius 1 is 1.55 bits per heavy atom. The van der Waals surface area contributed by atoms with Gasteiger partial charge in [0.1, 0.15) is 0 Å². The highest BCUT2D eigenvalue weighted by Gasteiger charge is 2.44. The number of alkyl halides is 2. The van der Waals surface area contributed by atoms with Gasteiger partial charge in [-0.1, -0.05) is 6.92 Å². The summed E-state index contributed by atoms with van der Waals surface area (Å²) in [5.74, 6) is -1.74. The zero-order chi connectivity index (χ0) is 8.48. The molecule has 3 heteroatoms. The molecule has 0 aromatic heterocycles. The third kappa shape index (κ3) is 2.40. The van der Waals surface area contributed by atoms with Crippen LogP contribution in [0.3, 0.4) is 0 Å². The van der Waals surface area contributed by atoms with Crippen molar-refractivity contribution in [2.24, 2.45) is 17.6 Å². The summed E-state index contributed by atoms with van der Waals surface area (Å²) in [4.78, 5) is 0. The second-order valence-corrected chi connectivity index (χ2v) is 3.71. The molecule has 0 unspecified atom stereocenters. The fraction of sp³-hybridized carbons (Fsp3) is 1.00. The van der Waals surface area contributed by atoms with Crippen LogP contribution in [-0.4, -0.2) is 12.5 Å². The van der Waals surface area contributed by atoms with Crippen molar-refractivity contribution in [3.63, 3.8) is 0 Å². The highest BCUT2D eigenvalue weighted by molar-refractivity contribution is 4.86. The van der Waals surface area contributed by atoms with Gasteiger partial charge in [-0.15, -0.1) is 0 Å². The van der Waals surface area contributed by atoms with Crippen molar-refractivity contribution in [3.05, 3.63) is 0 Å². The maximum atomic E-state index is 12.3. The second-order valence-electron chi connectivity index (χ2n) is 3.71. The monoisotopic (exact) mass is 163 g/mol. The molecule has 0 amide bonds. The molecule has 1 saturated carbocycles. The molecular weight excluding hydrogens is 148 g/mol. The van der Waals surface area contributed by atoms with E-state index in [1.165, 1.54) is 0 Å². The first kappa shape index (κ1) is 8.91. The van der Waals surface area contributed by atoms with Crippen molar-refractivity contribution in [1.82, 2.24) is 0 Å². The summed E-state index contributed by atoms with van der Waals surface area (Å²) in [6, 6.07) is 0. The molecule has 1 rings (SSSR count). The molecule has 0 radical (unpaired) electrons. The smallest absolute Gasteiger partial charge is 0.248 e. The Labute approximate surface area is 66.0 Å². The summed E-state index contributed by atoms with van der Waals surface area (Å²) >= 11 is 0. The lowest BCUT2D eigenvalue weighted by Crippen LogP contribution is -2.36. The van der Waals surface area contributed by atoms with Crippen molar-refractivity contribution in [1.29, 1.82) is 0 Å². The summed E-state index contributed by atoms with van der Waals surface area (Å²) in [6.07, 6.45) is 1.03. The number of nitrogens with two attached hydrogens (primary N) is 1. The third-order valence-corrected chi connectivity index (χ3v) is 2.31. The maximum absolute atomic E-state index is 12.3. The van der Waals surface area contributed by atoms with Crippen molar-refractivity contribution >= 4 is 0 Å². The van der Waals surface area contributed by atoms with E-state index in [1.807, 2.05) is 6.92 Å². The molecular formula is C8H15F2N. The van der Waals surface area contributed by atoms with Crippen LogP contribution >= 0.6 is 0 Å². The Hall–Kier alpha value is -0.180. The van der Waals surface area contributed by atoms with Crippen LogP contribution in [0, 0.1) is 11.8 Å². The number of halogens is 2. The zero-order valence-corrected chi connectivity index (χ0v) is 6.82. The summed E-state index contributed by atoms with van der Waals surface area (Å²) in [5.41, 5.74) is 5.38. The average Bonchev–Trinajstić information content (AvgIpc) is 1.83. The number of hydrogen-bond acceptors (Lipinski definition) is 1. The van der Waals surface area contributed by atoms with Gasteiger partial charge < -0.3 is 5.73 Å². The number of hydrogen-bond donors (Lipinski definition) is 1. The minimum atomic E-state index is -2.36. The van der Waals surface area contributed by atoms with Crippen LogP contribution in [0.5, 0.6) is 0 Å². The molecule has 0 bridgehead atoms. The minimum Gasteiger partial charge on any atom is -0.330 e. The van der Waals surface area contributed by atoms with E-state index in [2.05, 4.69) is 0 Å². The second kappa shape index (κ2) is 3.05. The summed E-state index contributed by atoms with van der Waals surface area (Å²) in [7, 11) is 0. The van der Waals surface area contributed by atoms with Gasteiger partial charge in [-0.25, -0.2) is 8.78 Å². The van der Waals surface area contributed by atoms with Gasteiger partial charge in [0, 0.05) is 12.8 Å². The topological polar surface area (TPSA) is 26.0 Å². The largest absolute Gasteiger partial charge is 0.330 e. The van der Waals surface area contributed by atoms with E-state index >= 15 is 0 Å². The fourth-order valence-electron chi connectivity index (χ4n) is 1.62. The van der Waals surface area contributed by atoms with Gasteiger partial charge in [-0.2, -0.15) is 0 Å². The molecule has 1 fully saturated rings. The first-order valence-corrected chi connectivity index (χ1v) is 4.11.